The van der Waals surface area contributed by atoms with E-state index in [1.54, 1.807) is 36.4 Å². The van der Waals surface area contributed by atoms with Gasteiger partial charge in [0.25, 0.3) is 5.91 Å². The quantitative estimate of drug-likeness (QED) is 0.605. The third kappa shape index (κ3) is 5.68. The highest BCUT2D eigenvalue weighted by Gasteiger charge is 2.09. The molecule has 0 bridgehead atoms. The fraction of sp³-hybridized carbons (Fsp3) is 0.227. The molecule has 150 valence electrons. The summed E-state index contributed by atoms with van der Waals surface area (Å²) in [4.78, 5) is 20.8. The Labute approximate surface area is 174 Å². The van der Waals surface area contributed by atoms with E-state index in [-0.39, 0.29) is 18.5 Å². The van der Waals surface area contributed by atoms with Crippen molar-refractivity contribution in [1.29, 1.82) is 0 Å². The first-order chi connectivity index (χ1) is 13.8. The first-order valence-electron chi connectivity index (χ1n) is 9.10. The molecule has 7 heteroatoms. The number of anilines is 1. The van der Waals surface area contributed by atoms with Gasteiger partial charge in [-0.1, -0.05) is 17.7 Å². The number of aryl methyl sites for hydroxylation is 4. The van der Waals surface area contributed by atoms with Crippen molar-refractivity contribution in [3.05, 3.63) is 70.0 Å². The van der Waals surface area contributed by atoms with Crippen molar-refractivity contribution in [2.45, 2.75) is 27.7 Å². The topological polar surface area (TPSA) is 73.3 Å². The third-order valence-electron chi connectivity index (χ3n) is 4.07. The minimum Gasteiger partial charge on any atom is -0.484 e. The summed E-state index contributed by atoms with van der Waals surface area (Å²) in [5.41, 5.74) is 4.04. The van der Waals surface area contributed by atoms with Gasteiger partial charge in [0, 0.05) is 28.2 Å². The van der Waals surface area contributed by atoms with Crippen LogP contribution in [0.4, 0.5) is 5.69 Å². The largest absolute Gasteiger partial charge is 0.484 e. The molecule has 2 aromatic carbocycles. The molecule has 0 saturated heterocycles. The van der Waals surface area contributed by atoms with Crippen molar-refractivity contribution in [2.75, 3.05) is 11.9 Å². The molecule has 0 radical (unpaired) electrons. The maximum atomic E-state index is 12.3. The lowest BCUT2D eigenvalue weighted by molar-refractivity contribution is -0.118. The van der Waals surface area contributed by atoms with E-state index >= 15 is 0 Å². The van der Waals surface area contributed by atoms with Gasteiger partial charge < -0.3 is 14.8 Å². The number of rotatable bonds is 6. The number of ether oxygens (including phenoxy) is 2. The SMILES string of the molecule is Cc1cc(C)nc(Oc2cccc(NC(=O)COc3cc(C)c(Cl)c(C)c3)c2)n1. The number of nitrogens with one attached hydrogen (secondary N) is 1. The van der Waals surface area contributed by atoms with Crippen LogP contribution in [0.15, 0.2) is 42.5 Å². The Hall–Kier alpha value is -3.12. The summed E-state index contributed by atoms with van der Waals surface area (Å²) in [5, 5.41) is 3.49. The van der Waals surface area contributed by atoms with Gasteiger partial charge in [0.15, 0.2) is 6.61 Å². The van der Waals surface area contributed by atoms with Crippen LogP contribution < -0.4 is 14.8 Å². The first kappa shape index (κ1) is 20.6. The lowest BCUT2D eigenvalue weighted by Gasteiger charge is -2.11. The molecule has 0 aliphatic rings. The summed E-state index contributed by atoms with van der Waals surface area (Å²) in [7, 11) is 0. The van der Waals surface area contributed by atoms with Crippen molar-refractivity contribution < 1.29 is 14.3 Å². The van der Waals surface area contributed by atoms with Crippen molar-refractivity contribution >= 4 is 23.2 Å². The van der Waals surface area contributed by atoms with Crippen LogP contribution in [0.2, 0.25) is 5.02 Å². The number of nitrogens with zero attached hydrogens (tertiary/aromatic N) is 2. The highest BCUT2D eigenvalue weighted by molar-refractivity contribution is 6.32. The van der Waals surface area contributed by atoms with Gasteiger partial charge in [-0.15, -0.1) is 0 Å². The second-order valence-electron chi connectivity index (χ2n) is 6.77. The summed E-state index contributed by atoms with van der Waals surface area (Å²) in [6, 6.07) is 12.8. The average molecular weight is 412 g/mol. The molecule has 1 heterocycles. The number of benzene rings is 2. The van der Waals surface area contributed by atoms with E-state index < -0.39 is 0 Å². The number of halogens is 1. The molecule has 0 aliphatic carbocycles. The minimum absolute atomic E-state index is 0.119. The van der Waals surface area contributed by atoms with E-state index in [4.69, 9.17) is 21.1 Å². The Kier molecular flexibility index (Phi) is 6.34. The summed E-state index contributed by atoms with van der Waals surface area (Å²) in [6.07, 6.45) is 0. The van der Waals surface area contributed by atoms with Crippen molar-refractivity contribution in [1.82, 2.24) is 9.97 Å². The molecule has 3 rings (SSSR count). The summed E-state index contributed by atoms with van der Waals surface area (Å²) >= 11 is 6.15. The van der Waals surface area contributed by atoms with Crippen molar-refractivity contribution in [3.8, 4) is 17.5 Å². The van der Waals surface area contributed by atoms with E-state index in [1.165, 1.54) is 0 Å². The highest BCUT2D eigenvalue weighted by atomic mass is 35.5. The number of aromatic nitrogens is 2. The number of hydrogen-bond acceptors (Lipinski definition) is 5. The van der Waals surface area contributed by atoms with Gasteiger partial charge in [0.05, 0.1) is 0 Å². The molecule has 29 heavy (non-hydrogen) atoms. The van der Waals surface area contributed by atoms with Crippen LogP contribution in [0.25, 0.3) is 0 Å². The lowest BCUT2D eigenvalue weighted by atomic mass is 10.1. The van der Waals surface area contributed by atoms with Crippen LogP contribution in [0.3, 0.4) is 0 Å². The Bertz CT molecular complexity index is 1010. The monoisotopic (exact) mass is 411 g/mol. The van der Waals surface area contributed by atoms with Gasteiger partial charge in [-0.05, 0) is 69.2 Å². The highest BCUT2D eigenvalue weighted by Crippen LogP contribution is 2.26. The van der Waals surface area contributed by atoms with Crippen LogP contribution in [-0.4, -0.2) is 22.5 Å². The third-order valence-corrected chi connectivity index (χ3v) is 4.66. The van der Waals surface area contributed by atoms with Crippen LogP contribution in [0.1, 0.15) is 22.5 Å². The van der Waals surface area contributed by atoms with E-state index in [2.05, 4.69) is 15.3 Å². The van der Waals surface area contributed by atoms with Crippen LogP contribution in [0.5, 0.6) is 17.5 Å². The van der Waals surface area contributed by atoms with Gasteiger partial charge in [-0.3, -0.25) is 4.79 Å². The minimum atomic E-state index is -0.282. The summed E-state index contributed by atoms with van der Waals surface area (Å²) in [6.45, 7) is 7.43. The van der Waals surface area contributed by atoms with Crippen molar-refractivity contribution in [2.24, 2.45) is 0 Å². The standard InChI is InChI=1S/C22H22ClN3O3/c1-13-8-19(9-14(2)21(13)23)28-12-20(27)26-17-6-5-7-18(11-17)29-22-24-15(3)10-16(4)25-22/h5-11H,12H2,1-4H3,(H,26,27). The molecule has 6 nitrogen and oxygen atoms in total. The molecule has 1 aromatic heterocycles. The van der Waals surface area contributed by atoms with E-state index in [0.29, 0.717) is 22.2 Å². The van der Waals surface area contributed by atoms with Crippen molar-refractivity contribution in [3.63, 3.8) is 0 Å². The smallest absolute Gasteiger partial charge is 0.322 e. The van der Waals surface area contributed by atoms with Gasteiger partial charge in [0.1, 0.15) is 11.5 Å². The average Bonchev–Trinajstić information content (AvgIpc) is 2.64. The molecule has 1 N–H and O–H groups in total. The maximum absolute atomic E-state index is 12.3. The molecule has 0 unspecified atom stereocenters. The summed E-state index contributed by atoms with van der Waals surface area (Å²) < 4.78 is 11.3. The fourth-order valence-corrected chi connectivity index (χ4v) is 2.93. The normalized spacial score (nSPS) is 10.5. The maximum Gasteiger partial charge on any atom is 0.322 e. The molecular formula is C22H22ClN3O3. The zero-order valence-corrected chi connectivity index (χ0v) is 17.5. The molecule has 3 aromatic rings. The van der Waals surface area contributed by atoms with Gasteiger partial charge in [-0.2, -0.15) is 0 Å². The Morgan fingerprint density at radius 3 is 2.28 bits per heavy atom. The molecule has 0 fully saturated rings. The predicted molar refractivity (Wildman–Crippen MR) is 113 cm³/mol. The van der Waals surface area contributed by atoms with Gasteiger partial charge in [0.2, 0.25) is 0 Å². The van der Waals surface area contributed by atoms with Gasteiger partial charge in [-0.25, -0.2) is 9.97 Å². The Morgan fingerprint density at radius 2 is 1.62 bits per heavy atom. The molecule has 0 aliphatic heterocycles. The van der Waals surface area contributed by atoms with Crippen LogP contribution in [0, 0.1) is 27.7 Å². The second kappa shape index (κ2) is 8.92. The fourth-order valence-electron chi connectivity index (χ4n) is 2.82. The van der Waals surface area contributed by atoms with E-state index in [1.807, 2.05) is 33.8 Å². The van der Waals surface area contributed by atoms with Crippen LogP contribution in [-0.2, 0) is 4.79 Å². The first-order valence-corrected chi connectivity index (χ1v) is 9.47. The lowest BCUT2D eigenvalue weighted by Crippen LogP contribution is -2.20. The Balaban J connectivity index is 1.61. The van der Waals surface area contributed by atoms with Crippen LogP contribution >= 0.6 is 11.6 Å². The molecular weight excluding hydrogens is 390 g/mol. The molecule has 1 amide bonds. The zero-order valence-electron chi connectivity index (χ0n) is 16.7. The predicted octanol–water partition coefficient (Wildman–Crippen LogP) is 5.17. The number of hydrogen-bond donors (Lipinski definition) is 1. The summed E-state index contributed by atoms with van der Waals surface area (Å²) in [5.74, 6) is 0.844. The zero-order chi connectivity index (χ0) is 21.0. The number of carbonyl (C=O) groups excluding carboxylic acids is 1. The van der Waals surface area contributed by atoms with E-state index in [0.717, 1.165) is 22.5 Å². The molecule has 0 saturated carbocycles. The van der Waals surface area contributed by atoms with E-state index in [9.17, 15) is 4.79 Å². The Morgan fingerprint density at radius 1 is 0.966 bits per heavy atom. The van der Waals surface area contributed by atoms with Gasteiger partial charge >= 0.3 is 6.01 Å². The number of amides is 1. The molecule has 0 spiro atoms. The second-order valence-corrected chi connectivity index (χ2v) is 7.15. The number of carbonyl (C=O) groups is 1. The molecule has 0 atom stereocenters.